The lowest BCUT2D eigenvalue weighted by atomic mass is 9.95. The summed E-state index contributed by atoms with van der Waals surface area (Å²) in [5.74, 6) is 1.51. The van der Waals surface area contributed by atoms with Crippen molar-refractivity contribution in [3.63, 3.8) is 0 Å². The highest BCUT2D eigenvalue weighted by molar-refractivity contribution is 7.98. The molecule has 0 amide bonds. The van der Waals surface area contributed by atoms with Crippen molar-refractivity contribution in [3.8, 4) is 0 Å². The average Bonchev–Trinajstić information content (AvgIpc) is 2.67. The van der Waals surface area contributed by atoms with Gasteiger partial charge in [0.2, 0.25) is 5.89 Å². The molecule has 1 saturated heterocycles. The van der Waals surface area contributed by atoms with Crippen molar-refractivity contribution < 1.29 is 4.42 Å². The second-order valence-electron chi connectivity index (χ2n) is 3.56. The van der Waals surface area contributed by atoms with Gasteiger partial charge in [0.25, 0.3) is 5.22 Å². The summed E-state index contributed by atoms with van der Waals surface area (Å²) in [5, 5.41) is 12.0. The molecular formula is C9H15N3OS. The van der Waals surface area contributed by atoms with E-state index in [1.807, 2.05) is 6.26 Å². The monoisotopic (exact) mass is 213 g/mol. The minimum absolute atomic E-state index is 0.675. The Morgan fingerprint density at radius 2 is 2.21 bits per heavy atom. The lowest BCUT2D eigenvalue weighted by Crippen LogP contribution is -2.28. The number of aromatic nitrogens is 2. The zero-order valence-electron chi connectivity index (χ0n) is 8.32. The van der Waals surface area contributed by atoms with Crippen LogP contribution in [-0.4, -0.2) is 29.5 Å². The summed E-state index contributed by atoms with van der Waals surface area (Å²) in [6.45, 7) is 2.24. The van der Waals surface area contributed by atoms with Crippen LogP contribution < -0.4 is 5.32 Å². The second kappa shape index (κ2) is 4.79. The van der Waals surface area contributed by atoms with Crippen LogP contribution in [0.2, 0.25) is 0 Å². The Morgan fingerprint density at radius 3 is 2.86 bits per heavy atom. The summed E-state index contributed by atoms with van der Waals surface area (Å²) in [5.41, 5.74) is 0. The molecule has 1 N–H and O–H groups in total. The van der Waals surface area contributed by atoms with Crippen molar-refractivity contribution in [2.75, 3.05) is 19.3 Å². The van der Waals surface area contributed by atoms with E-state index in [9.17, 15) is 0 Å². The molecule has 0 bridgehead atoms. The molecule has 1 aliphatic rings. The molecule has 78 valence electrons. The number of hydrogen-bond donors (Lipinski definition) is 1. The van der Waals surface area contributed by atoms with Crippen molar-refractivity contribution in [2.24, 2.45) is 5.92 Å². The standard InChI is InChI=1S/C9H15N3OS/c1-14-9-12-11-8(13-9)6-7-2-4-10-5-3-7/h7,10H,2-6H2,1H3. The first-order valence-corrected chi connectivity index (χ1v) is 6.18. The number of nitrogens with one attached hydrogen (secondary N) is 1. The van der Waals surface area contributed by atoms with Gasteiger partial charge in [0, 0.05) is 6.42 Å². The normalized spacial score (nSPS) is 18.6. The smallest absolute Gasteiger partial charge is 0.276 e. The Bertz CT molecular complexity index is 283. The van der Waals surface area contributed by atoms with Gasteiger partial charge in [-0.3, -0.25) is 0 Å². The summed E-state index contributed by atoms with van der Waals surface area (Å²) in [6, 6.07) is 0. The largest absolute Gasteiger partial charge is 0.416 e. The lowest BCUT2D eigenvalue weighted by molar-refractivity contribution is 0.327. The van der Waals surface area contributed by atoms with Gasteiger partial charge in [-0.2, -0.15) is 0 Å². The topological polar surface area (TPSA) is 51.0 Å². The minimum atomic E-state index is 0.675. The van der Waals surface area contributed by atoms with Crippen molar-refractivity contribution in [1.29, 1.82) is 0 Å². The van der Waals surface area contributed by atoms with E-state index in [1.165, 1.54) is 24.6 Å². The van der Waals surface area contributed by atoms with Crippen molar-refractivity contribution in [2.45, 2.75) is 24.5 Å². The molecule has 2 rings (SSSR count). The summed E-state index contributed by atoms with van der Waals surface area (Å²) < 4.78 is 5.46. The molecule has 0 spiro atoms. The maximum Gasteiger partial charge on any atom is 0.276 e. The maximum atomic E-state index is 5.46. The Morgan fingerprint density at radius 1 is 1.43 bits per heavy atom. The zero-order chi connectivity index (χ0) is 9.80. The molecule has 0 aromatic carbocycles. The van der Waals surface area contributed by atoms with E-state index in [1.54, 1.807) is 0 Å². The van der Waals surface area contributed by atoms with Crippen LogP contribution in [0.1, 0.15) is 18.7 Å². The number of hydrogen-bond acceptors (Lipinski definition) is 5. The van der Waals surface area contributed by atoms with E-state index in [0.29, 0.717) is 11.1 Å². The van der Waals surface area contributed by atoms with Crippen molar-refractivity contribution in [3.05, 3.63) is 5.89 Å². The summed E-state index contributed by atoms with van der Waals surface area (Å²) >= 11 is 1.50. The van der Waals surface area contributed by atoms with Crippen LogP contribution >= 0.6 is 11.8 Å². The number of piperidine rings is 1. The van der Waals surface area contributed by atoms with Crippen LogP contribution in [0.3, 0.4) is 0 Å². The fourth-order valence-corrected chi connectivity index (χ4v) is 2.04. The van der Waals surface area contributed by atoms with Gasteiger partial charge < -0.3 is 9.73 Å². The molecule has 14 heavy (non-hydrogen) atoms. The summed E-state index contributed by atoms with van der Waals surface area (Å²) in [6.07, 6.45) is 5.32. The van der Waals surface area contributed by atoms with Crippen LogP contribution in [0.15, 0.2) is 9.64 Å². The average molecular weight is 213 g/mol. The Labute approximate surface area is 87.9 Å². The third-order valence-electron chi connectivity index (χ3n) is 2.54. The van der Waals surface area contributed by atoms with Gasteiger partial charge in [-0.1, -0.05) is 11.8 Å². The molecule has 1 aromatic heterocycles. The van der Waals surface area contributed by atoms with Crippen molar-refractivity contribution in [1.82, 2.24) is 15.5 Å². The fourth-order valence-electron chi connectivity index (χ4n) is 1.74. The molecule has 1 aromatic rings. The minimum Gasteiger partial charge on any atom is -0.416 e. The first-order chi connectivity index (χ1) is 6.88. The zero-order valence-corrected chi connectivity index (χ0v) is 9.14. The van der Waals surface area contributed by atoms with Gasteiger partial charge in [0.15, 0.2) is 0 Å². The quantitative estimate of drug-likeness (QED) is 0.768. The van der Waals surface area contributed by atoms with Crippen LogP contribution in [0.5, 0.6) is 0 Å². The first-order valence-electron chi connectivity index (χ1n) is 4.95. The van der Waals surface area contributed by atoms with Gasteiger partial charge in [-0.05, 0) is 38.1 Å². The van der Waals surface area contributed by atoms with E-state index < -0.39 is 0 Å². The molecule has 0 saturated carbocycles. The van der Waals surface area contributed by atoms with Gasteiger partial charge in [-0.15, -0.1) is 10.2 Å². The van der Waals surface area contributed by atoms with E-state index in [0.717, 1.165) is 25.4 Å². The molecule has 0 unspecified atom stereocenters. The SMILES string of the molecule is CSc1nnc(CC2CCNCC2)o1. The van der Waals surface area contributed by atoms with E-state index >= 15 is 0 Å². The molecular weight excluding hydrogens is 198 g/mol. The molecule has 0 radical (unpaired) electrons. The molecule has 2 heterocycles. The third kappa shape index (κ3) is 2.48. The van der Waals surface area contributed by atoms with Crippen LogP contribution in [0.25, 0.3) is 0 Å². The number of nitrogens with zero attached hydrogens (tertiary/aromatic N) is 2. The van der Waals surface area contributed by atoms with Crippen LogP contribution in [0, 0.1) is 5.92 Å². The summed E-state index contributed by atoms with van der Waals surface area (Å²) in [4.78, 5) is 0. The van der Waals surface area contributed by atoms with Gasteiger partial charge in [0.1, 0.15) is 0 Å². The third-order valence-corrected chi connectivity index (χ3v) is 3.06. The molecule has 4 nitrogen and oxygen atoms in total. The van der Waals surface area contributed by atoms with Gasteiger partial charge in [-0.25, -0.2) is 0 Å². The van der Waals surface area contributed by atoms with Crippen LogP contribution in [-0.2, 0) is 6.42 Å². The van der Waals surface area contributed by atoms with E-state index in [2.05, 4.69) is 15.5 Å². The van der Waals surface area contributed by atoms with E-state index in [-0.39, 0.29) is 0 Å². The molecule has 0 aliphatic carbocycles. The van der Waals surface area contributed by atoms with Gasteiger partial charge >= 0.3 is 0 Å². The van der Waals surface area contributed by atoms with E-state index in [4.69, 9.17) is 4.42 Å². The summed E-state index contributed by atoms with van der Waals surface area (Å²) in [7, 11) is 0. The van der Waals surface area contributed by atoms with Gasteiger partial charge in [0.05, 0.1) is 0 Å². The Balaban J connectivity index is 1.89. The predicted molar refractivity (Wildman–Crippen MR) is 55.4 cm³/mol. The van der Waals surface area contributed by atoms with Crippen LogP contribution in [0.4, 0.5) is 0 Å². The molecule has 1 fully saturated rings. The first kappa shape index (κ1) is 9.98. The second-order valence-corrected chi connectivity index (χ2v) is 4.32. The lowest BCUT2D eigenvalue weighted by Gasteiger charge is -2.20. The van der Waals surface area contributed by atoms with Crippen molar-refractivity contribution >= 4 is 11.8 Å². The molecule has 1 aliphatic heterocycles. The Hall–Kier alpha value is -0.550. The number of thioether (sulfide) groups is 1. The molecule has 0 atom stereocenters. The highest BCUT2D eigenvalue weighted by Crippen LogP contribution is 2.19. The highest BCUT2D eigenvalue weighted by atomic mass is 32.2. The molecule has 5 heteroatoms. The maximum absolute atomic E-state index is 5.46. The number of rotatable bonds is 3. The Kier molecular flexibility index (Phi) is 3.42. The fraction of sp³-hybridized carbons (Fsp3) is 0.778. The highest BCUT2D eigenvalue weighted by Gasteiger charge is 2.16. The predicted octanol–water partition coefficient (Wildman–Crippen LogP) is 1.33.